The number of nitrogens with zero attached hydrogens (tertiary/aromatic N) is 1. The van der Waals surface area contributed by atoms with Gasteiger partial charge >= 0.3 is 0 Å². The molecule has 3 rings (SSSR count). The molecule has 2 heterocycles. The minimum atomic E-state index is -0.244. The summed E-state index contributed by atoms with van der Waals surface area (Å²) in [6.45, 7) is 2.18. The fraction of sp³-hybridized carbons (Fsp3) is 0.462. The number of nitrogens with one attached hydrogen (secondary N) is 1. The van der Waals surface area contributed by atoms with Crippen molar-refractivity contribution in [2.75, 3.05) is 13.1 Å². The number of halogens is 1. The Hall–Kier alpha value is -1.22. The van der Waals surface area contributed by atoms with Gasteiger partial charge in [-0.1, -0.05) is 6.08 Å². The Labute approximate surface area is 94.6 Å². The number of allylic oxidation sites excluding steroid dienone is 1. The minimum absolute atomic E-state index is 0.244. The molecule has 1 aliphatic carbocycles. The van der Waals surface area contributed by atoms with Crippen molar-refractivity contribution in [3.63, 3.8) is 0 Å². The van der Waals surface area contributed by atoms with Gasteiger partial charge in [0.05, 0.1) is 6.20 Å². The van der Waals surface area contributed by atoms with E-state index in [0.29, 0.717) is 5.92 Å². The Kier molecular flexibility index (Phi) is 2.48. The van der Waals surface area contributed by atoms with Crippen LogP contribution in [-0.2, 0) is 0 Å². The zero-order chi connectivity index (χ0) is 11.0. The van der Waals surface area contributed by atoms with Gasteiger partial charge in [-0.2, -0.15) is 0 Å². The first-order chi connectivity index (χ1) is 7.83. The van der Waals surface area contributed by atoms with Crippen molar-refractivity contribution in [1.29, 1.82) is 0 Å². The second kappa shape index (κ2) is 3.98. The van der Waals surface area contributed by atoms with Gasteiger partial charge in [0.15, 0.2) is 0 Å². The predicted molar refractivity (Wildman–Crippen MR) is 61.3 cm³/mol. The van der Waals surface area contributed by atoms with Gasteiger partial charge in [-0.3, -0.25) is 4.98 Å². The Morgan fingerprint density at radius 2 is 2.31 bits per heavy atom. The van der Waals surface area contributed by atoms with Crippen LogP contribution in [0.5, 0.6) is 0 Å². The van der Waals surface area contributed by atoms with Crippen molar-refractivity contribution >= 4 is 5.57 Å². The summed E-state index contributed by atoms with van der Waals surface area (Å²) in [5.41, 5.74) is 2.22. The lowest BCUT2D eigenvalue weighted by Gasteiger charge is -2.25. The van der Waals surface area contributed by atoms with Crippen molar-refractivity contribution in [3.05, 3.63) is 35.9 Å². The molecule has 1 saturated heterocycles. The van der Waals surface area contributed by atoms with E-state index in [-0.39, 0.29) is 5.82 Å². The van der Waals surface area contributed by atoms with E-state index in [1.54, 1.807) is 12.3 Å². The van der Waals surface area contributed by atoms with Crippen LogP contribution in [0.3, 0.4) is 0 Å². The predicted octanol–water partition coefficient (Wildman–Crippen LogP) is 2.23. The SMILES string of the molecule is Fc1cncc(C2=CC3CNCCC3C2)c1. The molecule has 1 aromatic heterocycles. The van der Waals surface area contributed by atoms with Crippen molar-refractivity contribution < 1.29 is 4.39 Å². The normalized spacial score (nSPS) is 28.7. The fourth-order valence-corrected chi connectivity index (χ4v) is 2.80. The second-order valence-electron chi connectivity index (χ2n) is 4.70. The smallest absolute Gasteiger partial charge is 0.142 e. The lowest BCUT2D eigenvalue weighted by atomic mass is 9.89. The number of pyridine rings is 1. The molecule has 3 heteroatoms. The second-order valence-corrected chi connectivity index (χ2v) is 4.70. The van der Waals surface area contributed by atoms with E-state index in [1.807, 2.05) is 0 Å². The highest BCUT2D eigenvalue weighted by Crippen LogP contribution is 2.39. The molecule has 1 aromatic rings. The van der Waals surface area contributed by atoms with E-state index < -0.39 is 0 Å². The van der Waals surface area contributed by atoms with Crippen LogP contribution < -0.4 is 5.32 Å². The summed E-state index contributed by atoms with van der Waals surface area (Å²) in [4.78, 5) is 3.91. The van der Waals surface area contributed by atoms with Crippen LogP contribution in [0.25, 0.3) is 5.57 Å². The fourth-order valence-electron chi connectivity index (χ4n) is 2.80. The van der Waals surface area contributed by atoms with Crippen LogP contribution in [0.15, 0.2) is 24.5 Å². The van der Waals surface area contributed by atoms with E-state index in [1.165, 1.54) is 18.2 Å². The lowest BCUT2D eigenvalue weighted by Crippen LogP contribution is -2.33. The Balaban J connectivity index is 1.86. The molecule has 0 spiro atoms. The highest BCUT2D eigenvalue weighted by molar-refractivity contribution is 5.67. The number of piperidine rings is 1. The van der Waals surface area contributed by atoms with Gasteiger partial charge in [-0.25, -0.2) is 4.39 Å². The molecule has 0 radical (unpaired) electrons. The minimum Gasteiger partial charge on any atom is -0.316 e. The van der Waals surface area contributed by atoms with Gasteiger partial charge in [-0.05, 0) is 48.4 Å². The quantitative estimate of drug-likeness (QED) is 0.782. The topological polar surface area (TPSA) is 24.9 Å². The van der Waals surface area contributed by atoms with Crippen LogP contribution in [-0.4, -0.2) is 18.1 Å². The number of hydrogen-bond donors (Lipinski definition) is 1. The van der Waals surface area contributed by atoms with Gasteiger partial charge in [0.2, 0.25) is 0 Å². The maximum Gasteiger partial charge on any atom is 0.142 e. The Morgan fingerprint density at radius 3 is 3.12 bits per heavy atom. The molecule has 0 amide bonds. The van der Waals surface area contributed by atoms with Crippen molar-refractivity contribution in [2.24, 2.45) is 11.8 Å². The van der Waals surface area contributed by atoms with Gasteiger partial charge in [-0.15, -0.1) is 0 Å². The largest absolute Gasteiger partial charge is 0.316 e. The average molecular weight is 218 g/mol. The number of hydrogen-bond acceptors (Lipinski definition) is 2. The van der Waals surface area contributed by atoms with Crippen LogP contribution in [0.1, 0.15) is 18.4 Å². The molecule has 1 fully saturated rings. The maximum absolute atomic E-state index is 13.1. The van der Waals surface area contributed by atoms with Crippen molar-refractivity contribution in [3.8, 4) is 0 Å². The van der Waals surface area contributed by atoms with Crippen LogP contribution >= 0.6 is 0 Å². The zero-order valence-electron chi connectivity index (χ0n) is 9.12. The molecular formula is C13H15FN2. The third-order valence-corrected chi connectivity index (χ3v) is 3.65. The van der Waals surface area contributed by atoms with Crippen LogP contribution in [0, 0.1) is 17.7 Å². The zero-order valence-corrected chi connectivity index (χ0v) is 9.12. The molecule has 84 valence electrons. The van der Waals surface area contributed by atoms with Gasteiger partial charge in [0.1, 0.15) is 5.82 Å². The molecule has 2 nitrogen and oxygen atoms in total. The summed E-state index contributed by atoms with van der Waals surface area (Å²) in [7, 11) is 0. The number of fused-ring (bicyclic) bond motifs is 1. The van der Waals surface area contributed by atoms with E-state index in [0.717, 1.165) is 31.0 Å². The van der Waals surface area contributed by atoms with E-state index >= 15 is 0 Å². The highest BCUT2D eigenvalue weighted by Gasteiger charge is 2.30. The Bertz CT molecular complexity index is 428. The Morgan fingerprint density at radius 1 is 1.38 bits per heavy atom. The first-order valence-electron chi connectivity index (χ1n) is 5.85. The summed E-state index contributed by atoms with van der Waals surface area (Å²) in [6, 6.07) is 1.59. The summed E-state index contributed by atoms with van der Waals surface area (Å²) in [6.07, 6.45) is 7.63. The summed E-state index contributed by atoms with van der Waals surface area (Å²) in [5.74, 6) is 1.14. The first-order valence-corrected chi connectivity index (χ1v) is 5.85. The monoisotopic (exact) mass is 218 g/mol. The summed E-state index contributed by atoms with van der Waals surface area (Å²) >= 11 is 0. The molecule has 2 aliphatic rings. The third-order valence-electron chi connectivity index (χ3n) is 3.65. The molecule has 1 aliphatic heterocycles. The van der Waals surface area contributed by atoms with E-state index in [4.69, 9.17) is 0 Å². The molecule has 2 unspecified atom stereocenters. The molecule has 0 aromatic carbocycles. The molecule has 16 heavy (non-hydrogen) atoms. The van der Waals surface area contributed by atoms with Crippen LogP contribution in [0.2, 0.25) is 0 Å². The van der Waals surface area contributed by atoms with Crippen molar-refractivity contribution in [1.82, 2.24) is 10.3 Å². The standard InChI is InChI=1S/C13H15FN2/c14-13-5-12(7-16-8-13)10-3-9-1-2-15-6-11(9)4-10/h4-5,7-9,11,15H,1-3,6H2. The van der Waals surface area contributed by atoms with E-state index in [2.05, 4.69) is 16.4 Å². The van der Waals surface area contributed by atoms with Gasteiger partial charge in [0.25, 0.3) is 0 Å². The van der Waals surface area contributed by atoms with Crippen LogP contribution in [0.4, 0.5) is 4.39 Å². The maximum atomic E-state index is 13.1. The molecule has 0 saturated carbocycles. The highest BCUT2D eigenvalue weighted by atomic mass is 19.1. The van der Waals surface area contributed by atoms with E-state index in [9.17, 15) is 4.39 Å². The molecule has 0 bridgehead atoms. The van der Waals surface area contributed by atoms with Crippen molar-refractivity contribution in [2.45, 2.75) is 12.8 Å². The lowest BCUT2D eigenvalue weighted by molar-refractivity contribution is 0.323. The number of rotatable bonds is 1. The van der Waals surface area contributed by atoms with Gasteiger partial charge in [0, 0.05) is 12.7 Å². The summed E-state index contributed by atoms with van der Waals surface area (Å²) in [5, 5.41) is 3.41. The molecule has 1 N–H and O–H groups in total. The summed E-state index contributed by atoms with van der Waals surface area (Å²) < 4.78 is 13.1. The number of aromatic nitrogens is 1. The molecular weight excluding hydrogens is 203 g/mol. The first kappa shape index (κ1) is 9.97. The van der Waals surface area contributed by atoms with Gasteiger partial charge < -0.3 is 5.32 Å². The third kappa shape index (κ3) is 1.76. The average Bonchev–Trinajstić information content (AvgIpc) is 2.72. The molecule has 2 atom stereocenters.